The van der Waals surface area contributed by atoms with Crippen LogP contribution in [0, 0.1) is 0 Å². The van der Waals surface area contributed by atoms with Gasteiger partial charge in [-0.15, -0.1) is 0 Å². The molecule has 0 saturated heterocycles. The summed E-state index contributed by atoms with van der Waals surface area (Å²) in [6.07, 6.45) is -3.00. The first kappa shape index (κ1) is 13.7. The molecular formula is C10H7F2NO5P-. The Morgan fingerprint density at radius 1 is 1.37 bits per heavy atom. The van der Waals surface area contributed by atoms with Gasteiger partial charge in [-0.05, 0) is 6.07 Å². The van der Waals surface area contributed by atoms with Gasteiger partial charge in [0.1, 0.15) is 0 Å². The molecule has 2 aromatic rings. The number of carbonyl (C=O) groups is 1. The maximum Gasteiger partial charge on any atom is 0.359 e. The molecule has 0 fully saturated rings. The highest BCUT2D eigenvalue weighted by Crippen LogP contribution is 2.40. The third-order valence-corrected chi connectivity index (χ3v) is 3.59. The van der Waals surface area contributed by atoms with Gasteiger partial charge in [-0.3, -0.25) is 4.57 Å². The molecule has 0 saturated carbocycles. The number of carboxylic acids is 1. The first-order valence-corrected chi connectivity index (χ1v) is 6.55. The van der Waals surface area contributed by atoms with Crippen molar-refractivity contribution in [2.24, 2.45) is 0 Å². The minimum atomic E-state index is -5.06. The molecule has 1 heterocycles. The number of benzene rings is 1. The average Bonchev–Trinajstić information content (AvgIpc) is 2.66. The Labute approximate surface area is 104 Å². The summed E-state index contributed by atoms with van der Waals surface area (Å²) in [6.45, 7) is 0. The Morgan fingerprint density at radius 2 is 2.00 bits per heavy atom. The minimum absolute atomic E-state index is 0.102. The maximum absolute atomic E-state index is 12.8. The summed E-state index contributed by atoms with van der Waals surface area (Å²) in [5.74, 6) is -1.88. The molecule has 1 aromatic carbocycles. The van der Waals surface area contributed by atoms with Crippen molar-refractivity contribution >= 4 is 29.8 Å². The Kier molecular flexibility index (Phi) is 3.17. The number of rotatable bonds is 3. The summed E-state index contributed by atoms with van der Waals surface area (Å²) in [7, 11) is -5.06. The van der Waals surface area contributed by atoms with Gasteiger partial charge < -0.3 is 24.7 Å². The lowest BCUT2D eigenvalue weighted by Crippen LogP contribution is -2.28. The molecule has 0 radical (unpaired) electrons. The van der Waals surface area contributed by atoms with Gasteiger partial charge in [-0.25, -0.2) is 8.78 Å². The largest absolute Gasteiger partial charge is 0.543 e. The molecule has 102 valence electrons. The molecule has 0 amide bonds. The van der Waals surface area contributed by atoms with Crippen LogP contribution in [0.15, 0.2) is 18.2 Å². The number of carbonyl (C=O) groups excluding carboxylic acids is 1. The summed E-state index contributed by atoms with van der Waals surface area (Å²) in [6, 6.07) is 3.44. The second-order valence-corrected chi connectivity index (χ2v) is 5.29. The number of H-pyrrole nitrogens is 1. The van der Waals surface area contributed by atoms with Gasteiger partial charge >= 0.3 is 7.60 Å². The number of hydrogen-bond acceptors (Lipinski definition) is 3. The molecule has 6 nitrogen and oxygen atoms in total. The predicted molar refractivity (Wildman–Crippen MR) is 59.3 cm³/mol. The first-order valence-electron chi connectivity index (χ1n) is 4.93. The van der Waals surface area contributed by atoms with Crippen molar-refractivity contribution in [3.8, 4) is 0 Å². The monoisotopic (exact) mass is 290 g/mol. The van der Waals surface area contributed by atoms with Crippen molar-refractivity contribution in [1.29, 1.82) is 0 Å². The van der Waals surface area contributed by atoms with Crippen molar-refractivity contribution in [3.63, 3.8) is 0 Å². The van der Waals surface area contributed by atoms with Gasteiger partial charge in [0.25, 0.3) is 6.43 Å². The van der Waals surface area contributed by atoms with Crippen LogP contribution >= 0.6 is 7.60 Å². The molecule has 0 aliphatic rings. The van der Waals surface area contributed by atoms with Crippen molar-refractivity contribution in [1.82, 2.24) is 4.98 Å². The van der Waals surface area contributed by atoms with E-state index < -0.39 is 41.9 Å². The highest BCUT2D eigenvalue weighted by molar-refractivity contribution is 7.61. The molecule has 0 unspecified atom stereocenters. The standard InChI is InChI=1S/C10H8F2NO5P/c11-9(12)4-2-1-3-5-6(4)8(19(16,17)18)7(13-5)10(14)15/h1-3,9,13H,(H,14,15)(H2,16,17,18)/p-1. The lowest BCUT2D eigenvalue weighted by molar-refractivity contribution is -0.255. The second kappa shape index (κ2) is 4.41. The van der Waals surface area contributed by atoms with Gasteiger partial charge in [-0.2, -0.15) is 0 Å². The molecule has 0 aliphatic heterocycles. The number of fused-ring (bicyclic) bond motifs is 1. The molecule has 19 heavy (non-hydrogen) atoms. The van der Waals surface area contributed by atoms with E-state index in [2.05, 4.69) is 4.98 Å². The second-order valence-electron chi connectivity index (χ2n) is 3.75. The molecule has 0 aliphatic carbocycles. The quantitative estimate of drug-likeness (QED) is 0.702. The molecule has 0 bridgehead atoms. The number of alkyl halides is 2. The Hall–Kier alpha value is -1.76. The number of hydrogen-bond donors (Lipinski definition) is 3. The van der Waals surface area contributed by atoms with E-state index in [-0.39, 0.29) is 5.52 Å². The number of nitrogens with one attached hydrogen (secondary N) is 1. The minimum Gasteiger partial charge on any atom is -0.543 e. The summed E-state index contributed by atoms with van der Waals surface area (Å²) >= 11 is 0. The summed E-state index contributed by atoms with van der Waals surface area (Å²) < 4.78 is 37.0. The van der Waals surface area contributed by atoms with Gasteiger partial charge in [0, 0.05) is 16.5 Å². The number of aromatic amines is 1. The van der Waals surface area contributed by atoms with Crippen LogP contribution < -0.4 is 10.4 Å². The molecular weight excluding hydrogens is 283 g/mol. The van der Waals surface area contributed by atoms with Crippen molar-refractivity contribution in [2.75, 3.05) is 0 Å². The molecule has 2 rings (SSSR count). The normalized spacial score (nSPS) is 12.3. The zero-order valence-electron chi connectivity index (χ0n) is 9.13. The average molecular weight is 290 g/mol. The summed E-state index contributed by atoms with van der Waals surface area (Å²) in [5, 5.41) is 9.39. The lowest BCUT2D eigenvalue weighted by Gasteiger charge is -2.09. The van der Waals surface area contributed by atoms with Gasteiger partial charge in [-0.1, -0.05) is 12.1 Å². The van der Waals surface area contributed by atoms with Gasteiger partial charge in [0.05, 0.1) is 17.0 Å². The maximum atomic E-state index is 12.8. The van der Waals surface area contributed by atoms with Crippen molar-refractivity contribution < 1.29 is 33.0 Å². The van der Waals surface area contributed by atoms with E-state index in [0.717, 1.165) is 6.07 Å². The van der Waals surface area contributed by atoms with Gasteiger partial charge in [0.15, 0.2) is 0 Å². The molecule has 1 aromatic heterocycles. The van der Waals surface area contributed by atoms with E-state index in [1.807, 2.05) is 0 Å². The van der Waals surface area contributed by atoms with Crippen molar-refractivity contribution in [2.45, 2.75) is 6.43 Å². The molecule has 0 spiro atoms. The Balaban J connectivity index is 2.98. The van der Waals surface area contributed by atoms with Crippen LogP contribution in [-0.4, -0.2) is 20.7 Å². The Bertz CT molecular complexity index is 705. The van der Waals surface area contributed by atoms with Crippen LogP contribution in [0.2, 0.25) is 0 Å². The third kappa shape index (κ3) is 2.25. The van der Waals surface area contributed by atoms with Gasteiger partial charge in [0.2, 0.25) is 0 Å². The first-order chi connectivity index (χ1) is 8.73. The summed E-state index contributed by atoms with van der Waals surface area (Å²) in [5.41, 5.74) is -1.65. The number of carboxylic acid groups (broad SMARTS) is 1. The number of halogens is 2. The SMILES string of the molecule is O=C([O-])c1[nH]c2cccc(C(F)F)c2c1P(=O)(O)O. The van der Waals surface area contributed by atoms with E-state index >= 15 is 0 Å². The van der Waals surface area contributed by atoms with Crippen LogP contribution in [0.5, 0.6) is 0 Å². The van der Waals surface area contributed by atoms with Crippen LogP contribution in [0.3, 0.4) is 0 Å². The van der Waals surface area contributed by atoms with E-state index in [0.29, 0.717) is 0 Å². The van der Waals surface area contributed by atoms with Crippen LogP contribution in [0.4, 0.5) is 8.78 Å². The van der Waals surface area contributed by atoms with E-state index in [4.69, 9.17) is 9.79 Å². The highest BCUT2D eigenvalue weighted by Gasteiger charge is 2.30. The van der Waals surface area contributed by atoms with Crippen LogP contribution in [0.1, 0.15) is 22.5 Å². The zero-order valence-corrected chi connectivity index (χ0v) is 10.0. The van der Waals surface area contributed by atoms with Crippen LogP contribution in [0.25, 0.3) is 10.9 Å². The van der Waals surface area contributed by atoms with E-state index in [1.165, 1.54) is 12.1 Å². The fraction of sp³-hybridized carbons (Fsp3) is 0.100. The third-order valence-electron chi connectivity index (χ3n) is 2.56. The fourth-order valence-electron chi connectivity index (χ4n) is 1.88. The highest BCUT2D eigenvalue weighted by atomic mass is 31.2. The molecule has 3 N–H and O–H groups in total. The topological polar surface area (TPSA) is 113 Å². The van der Waals surface area contributed by atoms with Crippen molar-refractivity contribution in [3.05, 3.63) is 29.5 Å². The lowest BCUT2D eigenvalue weighted by atomic mass is 10.1. The predicted octanol–water partition coefficient (Wildman–Crippen LogP) is 0.272. The summed E-state index contributed by atoms with van der Waals surface area (Å²) in [4.78, 5) is 31.4. The number of aromatic carboxylic acids is 1. The Morgan fingerprint density at radius 3 is 2.47 bits per heavy atom. The smallest absolute Gasteiger partial charge is 0.359 e. The molecule has 0 atom stereocenters. The van der Waals surface area contributed by atoms with E-state index in [1.54, 1.807) is 0 Å². The number of aromatic nitrogens is 1. The molecule has 9 heteroatoms. The zero-order chi connectivity index (χ0) is 14.4. The van der Waals surface area contributed by atoms with Crippen LogP contribution in [-0.2, 0) is 4.57 Å². The fourth-order valence-corrected chi connectivity index (χ4v) is 2.86. The van der Waals surface area contributed by atoms with E-state index in [9.17, 15) is 23.2 Å².